The van der Waals surface area contributed by atoms with Crippen LogP contribution in [0.25, 0.3) is 11.1 Å². The number of benzene rings is 6. The highest BCUT2D eigenvalue weighted by Crippen LogP contribution is 2.41. The number of carbonyl (C=O) groups is 1. The molecule has 1 aromatic heterocycles. The van der Waals surface area contributed by atoms with Gasteiger partial charge in [-0.2, -0.15) is 132 Å². The summed E-state index contributed by atoms with van der Waals surface area (Å²) in [5, 5.41) is 0. The first kappa shape index (κ1) is 61.2. The summed E-state index contributed by atoms with van der Waals surface area (Å²) in [5.41, 5.74) is -27.2. The average Bonchev–Trinajstić information content (AvgIpc) is 3.38. The lowest BCUT2D eigenvalue weighted by molar-refractivity contribution is -0.683. The van der Waals surface area contributed by atoms with E-state index in [4.69, 9.17) is 0 Å². The predicted octanol–water partition coefficient (Wildman–Crippen LogP) is 15.5. The minimum Gasteiger partial charge on any atom is -0.287 e. The highest BCUT2D eigenvalue weighted by atomic mass is 79.9. The number of alkyl halides is 24. The van der Waals surface area contributed by atoms with E-state index in [1.54, 1.807) is 0 Å². The van der Waals surface area contributed by atoms with Crippen LogP contribution in [0.2, 0.25) is 0 Å². The number of pyridine rings is 1. The molecule has 7 aromatic rings. The molecule has 0 saturated carbocycles. The number of hydrogen-bond acceptors (Lipinski definition) is 1. The minimum atomic E-state index is -6.13. The first-order valence-electron chi connectivity index (χ1n) is 21.7. The summed E-state index contributed by atoms with van der Waals surface area (Å²) in [7, 11) is 0. The lowest BCUT2D eigenvalue weighted by Gasteiger charge is -2.46. The molecule has 28 heteroatoms. The third-order valence-corrected chi connectivity index (χ3v) is 12.5. The lowest BCUT2D eigenvalue weighted by Crippen LogP contribution is -2.75. The molecular formula is C51H27BBrF24NO. The molecule has 0 aliphatic carbocycles. The Bertz CT molecular complexity index is 2880. The molecule has 0 unspecified atom stereocenters. The van der Waals surface area contributed by atoms with Crippen LogP contribution in [0, 0.1) is 0 Å². The molecule has 7 rings (SSSR count). The van der Waals surface area contributed by atoms with Gasteiger partial charge in [0.15, 0.2) is 12.4 Å². The van der Waals surface area contributed by atoms with E-state index < -0.39 is 195 Å². The maximum absolute atomic E-state index is 14.2. The van der Waals surface area contributed by atoms with Crippen molar-refractivity contribution in [1.82, 2.24) is 0 Å². The van der Waals surface area contributed by atoms with E-state index in [-0.39, 0.29) is 5.78 Å². The molecule has 0 amide bonds. The van der Waals surface area contributed by atoms with Gasteiger partial charge >= 0.3 is 49.4 Å². The average molecular weight is 1220 g/mol. The molecule has 0 spiro atoms. The molecule has 0 bridgehead atoms. The summed E-state index contributed by atoms with van der Waals surface area (Å²) in [6.45, 7) is 0.352. The lowest BCUT2D eigenvalue weighted by atomic mass is 9.12. The van der Waals surface area contributed by atoms with Crippen molar-refractivity contribution < 1.29 is 115 Å². The van der Waals surface area contributed by atoms with Crippen molar-refractivity contribution in [2.24, 2.45) is 0 Å². The largest absolute Gasteiger partial charge is 0.416 e. The van der Waals surface area contributed by atoms with Crippen LogP contribution >= 0.6 is 15.9 Å². The summed E-state index contributed by atoms with van der Waals surface area (Å²) < 4.78 is 344. The number of rotatable bonds is 8. The van der Waals surface area contributed by atoms with E-state index in [0.717, 1.165) is 21.2 Å². The van der Waals surface area contributed by atoms with Gasteiger partial charge in [0, 0.05) is 22.2 Å². The highest BCUT2D eigenvalue weighted by Gasteiger charge is 2.47. The standard InChI is InChI=1S/C32H12BF24.C19H15BrNO/c34-25(35,36)13-1-14(26(37,38)39)6-21(5-13)33(22-7-15(27(40,41)42)2-16(8-22)28(43,44)45,23-9-17(29(46,47)48)3-18(10-23)30(49,50)51)24-11-19(31(52,53)54)4-20(12-24)32(55,56)57;20-18-8-6-15(7-9-18)16-10-12-21(13-11-16)14-19(22)17-4-2-1-3-5-17/h1-12H;1-13H,14H2/q-1;+1. The highest BCUT2D eigenvalue weighted by molar-refractivity contribution is 9.10. The fraction of sp³-hybridized carbons (Fsp3) is 0.176. The SMILES string of the molecule is FC(F)(F)c1cc([B-](c2cc(C(F)(F)F)cc(C(F)(F)F)c2)(c2cc(C(F)(F)F)cc(C(F)(F)F)c2)c2cc(C(F)(F)F)cc(C(F)(F)F)c2)cc(C(F)(F)F)c1.O=C(C[n+]1ccc(-c2ccc(Br)cc2)cc1)c1ccccc1. The number of halogens is 25. The fourth-order valence-electron chi connectivity index (χ4n) is 8.35. The summed E-state index contributed by atoms with van der Waals surface area (Å²) in [6.07, 6.45) is -50.9. The minimum absolute atomic E-state index is 0.113. The number of ketones is 1. The van der Waals surface area contributed by atoms with Crippen LogP contribution in [0.4, 0.5) is 105 Å². The van der Waals surface area contributed by atoms with Gasteiger partial charge < -0.3 is 0 Å². The van der Waals surface area contributed by atoms with Crippen molar-refractivity contribution in [3.05, 3.63) is 206 Å². The van der Waals surface area contributed by atoms with Gasteiger partial charge in [-0.05, 0) is 47.5 Å². The van der Waals surface area contributed by atoms with Crippen LogP contribution in [0.1, 0.15) is 54.9 Å². The van der Waals surface area contributed by atoms with Crippen molar-refractivity contribution in [2.45, 2.75) is 56.0 Å². The third-order valence-electron chi connectivity index (χ3n) is 11.9. The van der Waals surface area contributed by atoms with Gasteiger partial charge in [0.05, 0.1) is 44.5 Å². The number of nitrogens with zero attached hydrogens (tertiary/aromatic N) is 1. The number of Topliss-reactive ketones (excluding diaryl/α,β-unsaturated/α-hetero) is 1. The Morgan fingerprint density at radius 2 is 0.582 bits per heavy atom. The van der Waals surface area contributed by atoms with E-state index in [1.165, 1.54) is 0 Å². The number of hydrogen-bond donors (Lipinski definition) is 0. The second-order valence-electron chi connectivity index (χ2n) is 17.3. The maximum Gasteiger partial charge on any atom is 0.416 e. The van der Waals surface area contributed by atoms with Gasteiger partial charge in [-0.1, -0.05) is 107 Å². The Labute approximate surface area is 437 Å². The van der Waals surface area contributed by atoms with Crippen LogP contribution in [0.3, 0.4) is 0 Å². The van der Waals surface area contributed by atoms with Gasteiger partial charge in [0.1, 0.15) is 6.15 Å². The topological polar surface area (TPSA) is 20.9 Å². The van der Waals surface area contributed by atoms with Crippen molar-refractivity contribution in [2.75, 3.05) is 0 Å². The smallest absolute Gasteiger partial charge is 0.287 e. The number of aromatic nitrogens is 1. The second kappa shape index (κ2) is 21.6. The molecule has 0 atom stereocenters. The Hall–Kier alpha value is -7.00. The summed E-state index contributed by atoms with van der Waals surface area (Å²) in [5.74, 6) is 0.113. The molecule has 1 heterocycles. The first-order valence-corrected chi connectivity index (χ1v) is 22.5. The van der Waals surface area contributed by atoms with Crippen molar-refractivity contribution >= 4 is 49.7 Å². The Morgan fingerprint density at radius 1 is 0.342 bits per heavy atom. The molecule has 420 valence electrons. The molecule has 79 heavy (non-hydrogen) atoms. The molecule has 2 nitrogen and oxygen atoms in total. The van der Waals surface area contributed by atoms with Gasteiger partial charge in [0.2, 0.25) is 12.3 Å². The number of carbonyl (C=O) groups excluding carboxylic acids is 1. The van der Waals surface area contributed by atoms with Gasteiger partial charge in [-0.15, -0.1) is 0 Å². The zero-order valence-corrected chi connectivity index (χ0v) is 40.1. The van der Waals surface area contributed by atoms with Gasteiger partial charge in [0.25, 0.3) is 0 Å². The van der Waals surface area contributed by atoms with Crippen molar-refractivity contribution in [1.29, 1.82) is 0 Å². The Balaban J connectivity index is 0.000000378. The maximum atomic E-state index is 14.2. The fourth-order valence-corrected chi connectivity index (χ4v) is 8.61. The van der Waals surface area contributed by atoms with Crippen LogP contribution in [-0.4, -0.2) is 11.9 Å². The normalized spacial score (nSPS) is 13.2. The Kier molecular flexibility index (Phi) is 16.7. The van der Waals surface area contributed by atoms with E-state index in [2.05, 4.69) is 28.1 Å². The van der Waals surface area contributed by atoms with Crippen molar-refractivity contribution in [3.63, 3.8) is 0 Å². The monoisotopic (exact) mass is 1220 g/mol. The third kappa shape index (κ3) is 14.4. The summed E-state index contributed by atoms with van der Waals surface area (Å²) in [4.78, 5) is 12.2. The first-order chi connectivity index (χ1) is 36.0. The van der Waals surface area contributed by atoms with E-state index >= 15 is 0 Å². The molecule has 6 aromatic carbocycles. The second-order valence-corrected chi connectivity index (χ2v) is 18.2. The summed E-state index contributed by atoms with van der Waals surface area (Å²) >= 11 is 3.44. The van der Waals surface area contributed by atoms with Gasteiger partial charge in [-0.3, -0.25) is 4.79 Å². The zero-order chi connectivity index (χ0) is 59.3. The van der Waals surface area contributed by atoms with E-state index in [1.807, 2.05) is 71.6 Å². The van der Waals surface area contributed by atoms with Crippen LogP contribution in [0.15, 0.2) is 156 Å². The van der Waals surface area contributed by atoms with E-state index in [9.17, 15) is 110 Å². The van der Waals surface area contributed by atoms with Crippen molar-refractivity contribution in [3.8, 4) is 11.1 Å². The molecular weight excluding hydrogens is 1190 g/mol. The zero-order valence-electron chi connectivity index (χ0n) is 38.5. The van der Waals surface area contributed by atoms with Gasteiger partial charge in [-0.25, -0.2) is 0 Å². The molecule has 0 fully saturated rings. The predicted molar refractivity (Wildman–Crippen MR) is 241 cm³/mol. The molecule has 0 saturated heterocycles. The molecule has 0 aliphatic heterocycles. The molecule has 0 aliphatic rings. The van der Waals surface area contributed by atoms with Crippen LogP contribution < -0.4 is 26.4 Å². The summed E-state index contributed by atoms with van der Waals surface area (Å²) in [6, 6.07) is 12.8. The van der Waals surface area contributed by atoms with Crippen LogP contribution in [-0.2, 0) is 56.0 Å². The quantitative estimate of drug-likeness (QED) is 0.0643. The van der Waals surface area contributed by atoms with E-state index in [0.29, 0.717) is 6.54 Å². The molecule has 0 N–H and O–H groups in total. The molecule has 0 radical (unpaired) electrons. The Morgan fingerprint density at radius 3 is 0.823 bits per heavy atom. The van der Waals surface area contributed by atoms with Crippen LogP contribution in [0.5, 0.6) is 0 Å².